The summed E-state index contributed by atoms with van der Waals surface area (Å²) in [6, 6.07) is 7.32. The molecule has 36 heavy (non-hydrogen) atoms. The van der Waals surface area contributed by atoms with Gasteiger partial charge in [-0.3, -0.25) is 9.36 Å². The van der Waals surface area contributed by atoms with Crippen molar-refractivity contribution in [3.05, 3.63) is 74.3 Å². The van der Waals surface area contributed by atoms with E-state index >= 15 is 0 Å². The number of benzene rings is 2. The zero-order valence-electron chi connectivity index (χ0n) is 18.9. The van der Waals surface area contributed by atoms with Gasteiger partial charge < -0.3 is 9.84 Å². The maximum Gasteiger partial charge on any atom is 0.431 e. The number of carboxylic acid groups (broad SMARTS) is 1. The van der Waals surface area contributed by atoms with Gasteiger partial charge in [-0.15, -0.1) is 0 Å². The van der Waals surface area contributed by atoms with Crippen molar-refractivity contribution in [3.8, 4) is 22.7 Å². The van der Waals surface area contributed by atoms with Crippen LogP contribution in [0.1, 0.15) is 18.2 Å². The van der Waals surface area contributed by atoms with Crippen LogP contribution >= 0.6 is 11.5 Å². The van der Waals surface area contributed by atoms with Crippen molar-refractivity contribution in [1.29, 1.82) is 0 Å². The number of aliphatic carboxylic acids is 1. The Balaban J connectivity index is 1.95. The van der Waals surface area contributed by atoms with Gasteiger partial charge >= 0.3 is 17.8 Å². The summed E-state index contributed by atoms with van der Waals surface area (Å²) in [5, 5.41) is 9.51. The first kappa shape index (κ1) is 25.1. The molecule has 8 nitrogen and oxygen atoms in total. The molecule has 0 amide bonds. The van der Waals surface area contributed by atoms with Crippen LogP contribution in [-0.4, -0.2) is 30.7 Å². The standard InChI is InChI=1S/C23H17F4N3O5S/c1-10-4-5-12(16(6-10)35-11(2)21(32)33)20-13-7-15(14(24)8-17(13)36-28-20)30-19(31)9-18(23(25,26)27)29(3)22(30)34/h4-9,11H,1-3H3,(H,32,33). The summed E-state index contributed by atoms with van der Waals surface area (Å²) < 4.78 is 65.3. The number of rotatable bonds is 5. The summed E-state index contributed by atoms with van der Waals surface area (Å²) in [5.41, 5.74) is -3.39. The number of fused-ring (bicyclic) bond motifs is 1. The summed E-state index contributed by atoms with van der Waals surface area (Å²) >= 11 is 0.901. The summed E-state index contributed by atoms with van der Waals surface area (Å²) in [7, 11) is 0.828. The molecule has 13 heteroatoms. The van der Waals surface area contributed by atoms with Crippen molar-refractivity contribution in [2.45, 2.75) is 26.1 Å². The van der Waals surface area contributed by atoms with E-state index in [0.717, 1.165) is 36.3 Å². The van der Waals surface area contributed by atoms with Gasteiger partial charge in [-0.05, 0) is 55.2 Å². The lowest BCUT2D eigenvalue weighted by atomic mass is 10.0. The van der Waals surface area contributed by atoms with Crippen LogP contribution in [0.15, 0.2) is 46.0 Å². The monoisotopic (exact) mass is 523 g/mol. The molecule has 0 spiro atoms. The first-order valence-corrected chi connectivity index (χ1v) is 11.1. The average Bonchev–Trinajstić information content (AvgIpc) is 3.18. The number of carboxylic acids is 1. The fraction of sp³-hybridized carbons (Fsp3) is 0.217. The van der Waals surface area contributed by atoms with Gasteiger partial charge in [0.05, 0.1) is 16.1 Å². The zero-order chi connectivity index (χ0) is 26.5. The van der Waals surface area contributed by atoms with E-state index in [2.05, 4.69) is 4.37 Å². The van der Waals surface area contributed by atoms with Crippen molar-refractivity contribution in [3.63, 3.8) is 0 Å². The zero-order valence-corrected chi connectivity index (χ0v) is 19.7. The van der Waals surface area contributed by atoms with Gasteiger partial charge in [-0.2, -0.15) is 17.5 Å². The largest absolute Gasteiger partial charge is 0.479 e. The van der Waals surface area contributed by atoms with Crippen LogP contribution in [0.4, 0.5) is 17.6 Å². The number of aromatic nitrogens is 3. The van der Waals surface area contributed by atoms with E-state index in [1.54, 1.807) is 25.1 Å². The molecule has 2 aromatic carbocycles. The van der Waals surface area contributed by atoms with Crippen molar-refractivity contribution in [2.75, 3.05) is 0 Å². The van der Waals surface area contributed by atoms with Crippen LogP contribution < -0.4 is 16.0 Å². The van der Waals surface area contributed by atoms with E-state index in [4.69, 9.17) is 4.74 Å². The molecule has 0 saturated heterocycles. The third-order valence-corrected chi connectivity index (χ3v) is 6.24. The Morgan fingerprint density at radius 1 is 1.17 bits per heavy atom. The van der Waals surface area contributed by atoms with E-state index in [1.165, 1.54) is 6.92 Å². The van der Waals surface area contributed by atoms with Gasteiger partial charge in [-0.1, -0.05) is 6.07 Å². The van der Waals surface area contributed by atoms with E-state index in [-0.39, 0.29) is 27.5 Å². The number of carbonyl (C=O) groups is 1. The first-order chi connectivity index (χ1) is 16.8. The molecule has 2 aromatic heterocycles. The minimum atomic E-state index is -4.96. The molecule has 0 aliphatic rings. The van der Waals surface area contributed by atoms with Gasteiger partial charge in [0, 0.05) is 24.1 Å². The lowest BCUT2D eigenvalue weighted by Gasteiger charge is -2.15. The van der Waals surface area contributed by atoms with Crippen LogP contribution in [0, 0.1) is 12.7 Å². The van der Waals surface area contributed by atoms with E-state index in [9.17, 15) is 37.1 Å². The van der Waals surface area contributed by atoms with Crippen molar-refractivity contribution in [2.24, 2.45) is 7.05 Å². The number of halogens is 4. The van der Waals surface area contributed by atoms with Crippen LogP contribution in [0.3, 0.4) is 0 Å². The third-order valence-electron chi connectivity index (χ3n) is 5.43. The molecule has 188 valence electrons. The molecule has 1 N–H and O–H groups in total. The summed E-state index contributed by atoms with van der Waals surface area (Å²) in [5.74, 6) is -2.03. The Bertz CT molecular complexity index is 1640. The molecule has 0 saturated carbocycles. The summed E-state index contributed by atoms with van der Waals surface area (Å²) in [4.78, 5) is 36.5. The molecular weight excluding hydrogens is 506 g/mol. The van der Waals surface area contributed by atoms with E-state index < -0.39 is 46.7 Å². The molecule has 4 rings (SSSR count). The van der Waals surface area contributed by atoms with Crippen molar-refractivity contribution >= 4 is 27.6 Å². The Labute approximate surface area is 203 Å². The van der Waals surface area contributed by atoms with Crippen LogP contribution in [0.5, 0.6) is 5.75 Å². The first-order valence-electron chi connectivity index (χ1n) is 10.3. The molecular formula is C23H17F4N3O5S. The topological polar surface area (TPSA) is 103 Å². The predicted molar refractivity (Wildman–Crippen MR) is 123 cm³/mol. The summed E-state index contributed by atoms with van der Waals surface area (Å²) in [6.45, 7) is 3.11. The molecule has 0 fully saturated rings. The second-order valence-electron chi connectivity index (χ2n) is 7.97. The smallest absolute Gasteiger partial charge is 0.431 e. The SMILES string of the molecule is Cc1ccc(-c2nsc3cc(F)c(-n4c(=O)cc(C(F)(F)F)n(C)c4=O)cc23)c(OC(C)C(=O)O)c1. The van der Waals surface area contributed by atoms with E-state index in [0.29, 0.717) is 14.8 Å². The highest BCUT2D eigenvalue weighted by atomic mass is 32.1. The minimum Gasteiger partial charge on any atom is -0.479 e. The fourth-order valence-corrected chi connectivity index (χ4v) is 4.39. The predicted octanol–water partition coefficient (Wildman–Crippen LogP) is 4.13. The third kappa shape index (κ3) is 4.37. The highest BCUT2D eigenvalue weighted by Gasteiger charge is 2.35. The van der Waals surface area contributed by atoms with Gasteiger partial charge in [0.2, 0.25) is 0 Å². The van der Waals surface area contributed by atoms with Gasteiger partial charge in [-0.25, -0.2) is 18.5 Å². The Hall–Kier alpha value is -4.00. The molecule has 0 radical (unpaired) electrons. The second kappa shape index (κ2) is 8.90. The highest BCUT2D eigenvalue weighted by Crippen LogP contribution is 2.38. The summed E-state index contributed by atoms with van der Waals surface area (Å²) in [6.07, 6.45) is -6.16. The van der Waals surface area contributed by atoms with Crippen LogP contribution in [-0.2, 0) is 18.0 Å². The minimum absolute atomic E-state index is 0.186. The number of alkyl halides is 3. The van der Waals surface area contributed by atoms with Crippen LogP contribution in [0.2, 0.25) is 0 Å². The molecule has 2 heterocycles. The molecule has 4 aromatic rings. The van der Waals surface area contributed by atoms with Gasteiger partial charge in [0.25, 0.3) is 5.56 Å². The quantitative estimate of drug-likeness (QED) is 0.395. The molecule has 1 atom stereocenters. The number of aryl methyl sites for hydroxylation is 1. The Morgan fingerprint density at radius 2 is 1.86 bits per heavy atom. The van der Waals surface area contributed by atoms with Gasteiger partial charge in [0.15, 0.2) is 6.10 Å². The second-order valence-corrected chi connectivity index (χ2v) is 8.78. The molecule has 1 unspecified atom stereocenters. The Kier molecular flexibility index (Phi) is 6.20. The Morgan fingerprint density at radius 3 is 2.50 bits per heavy atom. The average molecular weight is 523 g/mol. The van der Waals surface area contributed by atoms with Crippen LogP contribution in [0.25, 0.3) is 27.0 Å². The normalized spacial score (nSPS) is 12.6. The fourth-order valence-electron chi connectivity index (χ4n) is 3.60. The maximum absolute atomic E-state index is 15.0. The van der Waals surface area contributed by atoms with E-state index in [1.807, 2.05) is 0 Å². The number of hydrogen-bond acceptors (Lipinski definition) is 6. The van der Waals surface area contributed by atoms with Gasteiger partial charge in [0.1, 0.15) is 17.3 Å². The number of hydrogen-bond donors (Lipinski definition) is 1. The number of ether oxygens (including phenoxy) is 1. The molecule has 0 aliphatic heterocycles. The van der Waals surface area contributed by atoms with Crippen molar-refractivity contribution in [1.82, 2.24) is 13.5 Å². The lowest BCUT2D eigenvalue weighted by Crippen LogP contribution is -2.41. The molecule has 0 aliphatic carbocycles. The maximum atomic E-state index is 15.0. The van der Waals surface area contributed by atoms with Crippen molar-refractivity contribution < 1.29 is 32.2 Å². The lowest BCUT2D eigenvalue weighted by molar-refractivity contribution is -0.144. The molecule has 0 bridgehead atoms. The number of nitrogens with zero attached hydrogens (tertiary/aromatic N) is 3. The highest BCUT2D eigenvalue weighted by molar-refractivity contribution is 7.13.